The van der Waals surface area contributed by atoms with Gasteiger partial charge in [-0.15, -0.1) is 0 Å². The van der Waals surface area contributed by atoms with Crippen LogP contribution < -0.4 is 5.32 Å². The van der Waals surface area contributed by atoms with Crippen molar-refractivity contribution in [3.63, 3.8) is 0 Å². The molecule has 20 heavy (non-hydrogen) atoms. The molecule has 5 heteroatoms. The molecule has 1 rings (SSSR count). The Hall–Kier alpha value is -1.07. The van der Waals surface area contributed by atoms with Crippen molar-refractivity contribution in [3.8, 4) is 0 Å². The standard InChI is InChI=1S/C15H22F3NO/c1-4-19-14(9-20-10-15(16,17)18)13-7-5-12(6-8-13)11(2)3/h5-8,11,14,19H,4,9-10H2,1-3H3. The van der Waals surface area contributed by atoms with Gasteiger partial charge in [0, 0.05) is 0 Å². The smallest absolute Gasteiger partial charge is 0.370 e. The fraction of sp³-hybridized carbons (Fsp3) is 0.600. The fourth-order valence-corrected chi connectivity index (χ4v) is 1.93. The van der Waals surface area contributed by atoms with Gasteiger partial charge in [0.05, 0.1) is 12.6 Å². The average molecular weight is 289 g/mol. The molecule has 0 aliphatic carbocycles. The average Bonchev–Trinajstić information content (AvgIpc) is 2.36. The molecule has 0 heterocycles. The predicted molar refractivity (Wildman–Crippen MR) is 73.8 cm³/mol. The van der Waals surface area contributed by atoms with Gasteiger partial charge in [-0.05, 0) is 23.6 Å². The van der Waals surface area contributed by atoms with Crippen molar-refractivity contribution >= 4 is 0 Å². The van der Waals surface area contributed by atoms with Crippen LogP contribution in [-0.4, -0.2) is 25.9 Å². The number of benzene rings is 1. The lowest BCUT2D eigenvalue weighted by atomic mass is 9.99. The summed E-state index contributed by atoms with van der Waals surface area (Å²) in [6.45, 7) is 5.59. The number of nitrogens with one attached hydrogen (secondary N) is 1. The van der Waals surface area contributed by atoms with Gasteiger partial charge in [0.25, 0.3) is 0 Å². The highest BCUT2D eigenvalue weighted by atomic mass is 19.4. The maximum Gasteiger partial charge on any atom is 0.411 e. The first-order chi connectivity index (χ1) is 9.33. The molecule has 0 radical (unpaired) electrons. The van der Waals surface area contributed by atoms with E-state index < -0.39 is 12.8 Å². The highest BCUT2D eigenvalue weighted by Gasteiger charge is 2.28. The van der Waals surface area contributed by atoms with Gasteiger partial charge in [0.2, 0.25) is 0 Å². The van der Waals surface area contributed by atoms with Crippen molar-refractivity contribution in [2.45, 2.75) is 38.9 Å². The van der Waals surface area contributed by atoms with E-state index in [0.717, 1.165) is 5.56 Å². The van der Waals surface area contributed by atoms with Crippen LogP contribution in [0.3, 0.4) is 0 Å². The molecule has 0 spiro atoms. The van der Waals surface area contributed by atoms with E-state index in [1.807, 2.05) is 31.2 Å². The molecule has 1 aromatic rings. The first-order valence-corrected chi connectivity index (χ1v) is 6.81. The zero-order chi connectivity index (χ0) is 15.2. The summed E-state index contributed by atoms with van der Waals surface area (Å²) in [7, 11) is 0. The highest BCUT2D eigenvalue weighted by molar-refractivity contribution is 5.27. The number of alkyl halides is 3. The number of likely N-dealkylation sites (N-methyl/N-ethyl adjacent to an activating group) is 1. The quantitative estimate of drug-likeness (QED) is 0.818. The fourth-order valence-electron chi connectivity index (χ4n) is 1.93. The van der Waals surface area contributed by atoms with Gasteiger partial charge >= 0.3 is 6.18 Å². The minimum Gasteiger partial charge on any atom is -0.370 e. The maximum absolute atomic E-state index is 12.1. The lowest BCUT2D eigenvalue weighted by Crippen LogP contribution is -2.28. The van der Waals surface area contributed by atoms with Crippen LogP contribution in [0.15, 0.2) is 24.3 Å². The third-order valence-corrected chi connectivity index (χ3v) is 3.01. The number of halogens is 3. The van der Waals surface area contributed by atoms with E-state index in [1.165, 1.54) is 5.56 Å². The second kappa shape index (κ2) is 7.64. The van der Waals surface area contributed by atoms with Gasteiger partial charge in [-0.25, -0.2) is 0 Å². The molecule has 2 nitrogen and oxygen atoms in total. The van der Waals surface area contributed by atoms with Gasteiger partial charge in [0.15, 0.2) is 0 Å². The van der Waals surface area contributed by atoms with Crippen molar-refractivity contribution in [1.29, 1.82) is 0 Å². The van der Waals surface area contributed by atoms with E-state index >= 15 is 0 Å². The predicted octanol–water partition coefficient (Wildman–Crippen LogP) is 4.04. The molecule has 0 fully saturated rings. The van der Waals surface area contributed by atoms with E-state index in [-0.39, 0.29) is 12.6 Å². The normalized spacial score (nSPS) is 13.8. The number of hydrogen-bond acceptors (Lipinski definition) is 2. The summed E-state index contributed by atoms with van der Waals surface area (Å²) in [5, 5.41) is 3.14. The Balaban J connectivity index is 2.65. The summed E-state index contributed by atoms with van der Waals surface area (Å²) in [4.78, 5) is 0. The maximum atomic E-state index is 12.1. The monoisotopic (exact) mass is 289 g/mol. The van der Waals surface area contributed by atoms with E-state index in [9.17, 15) is 13.2 Å². The van der Waals surface area contributed by atoms with Crippen molar-refractivity contribution in [3.05, 3.63) is 35.4 Å². The molecule has 0 saturated carbocycles. The van der Waals surface area contributed by atoms with Crippen LogP contribution in [0.4, 0.5) is 13.2 Å². The van der Waals surface area contributed by atoms with Crippen LogP contribution in [0, 0.1) is 0 Å². The molecule has 0 aliphatic heterocycles. The van der Waals surface area contributed by atoms with E-state index in [1.54, 1.807) is 0 Å². The molecule has 1 aromatic carbocycles. The van der Waals surface area contributed by atoms with Crippen LogP contribution in [0.25, 0.3) is 0 Å². The molecule has 1 unspecified atom stereocenters. The minimum absolute atomic E-state index is 0.00831. The zero-order valence-corrected chi connectivity index (χ0v) is 12.1. The molecule has 1 N–H and O–H groups in total. The third kappa shape index (κ3) is 5.92. The topological polar surface area (TPSA) is 21.3 Å². The van der Waals surface area contributed by atoms with Crippen molar-refractivity contribution in [1.82, 2.24) is 5.32 Å². The Morgan fingerprint density at radius 2 is 1.65 bits per heavy atom. The number of rotatable bonds is 7. The molecule has 1 atom stereocenters. The van der Waals surface area contributed by atoms with Gasteiger partial charge in [-0.3, -0.25) is 0 Å². The second-order valence-electron chi connectivity index (χ2n) is 5.06. The Bertz CT molecular complexity index is 387. The van der Waals surface area contributed by atoms with Crippen LogP contribution in [-0.2, 0) is 4.74 Å². The molecular formula is C15H22F3NO. The van der Waals surface area contributed by atoms with Crippen molar-refractivity contribution in [2.75, 3.05) is 19.8 Å². The summed E-state index contributed by atoms with van der Waals surface area (Å²) >= 11 is 0. The Kier molecular flexibility index (Phi) is 6.49. The number of ether oxygens (including phenoxy) is 1. The highest BCUT2D eigenvalue weighted by Crippen LogP contribution is 2.20. The Morgan fingerprint density at radius 1 is 1.10 bits per heavy atom. The third-order valence-electron chi connectivity index (χ3n) is 3.01. The second-order valence-corrected chi connectivity index (χ2v) is 5.06. The zero-order valence-electron chi connectivity index (χ0n) is 12.1. The van der Waals surface area contributed by atoms with Crippen LogP contribution in [0.2, 0.25) is 0 Å². The largest absolute Gasteiger partial charge is 0.411 e. The SMILES string of the molecule is CCNC(COCC(F)(F)F)c1ccc(C(C)C)cc1. The van der Waals surface area contributed by atoms with E-state index in [0.29, 0.717) is 12.5 Å². The van der Waals surface area contributed by atoms with Crippen molar-refractivity contribution in [2.24, 2.45) is 0 Å². The molecule has 0 amide bonds. The first-order valence-electron chi connectivity index (χ1n) is 6.81. The summed E-state index contributed by atoms with van der Waals surface area (Å²) in [6, 6.07) is 7.69. The molecule has 0 aromatic heterocycles. The molecular weight excluding hydrogens is 267 g/mol. The summed E-state index contributed by atoms with van der Waals surface area (Å²) in [5.41, 5.74) is 2.15. The van der Waals surface area contributed by atoms with Crippen molar-refractivity contribution < 1.29 is 17.9 Å². The molecule has 0 bridgehead atoms. The first kappa shape index (κ1) is 17.0. The summed E-state index contributed by atoms with van der Waals surface area (Å²) in [5.74, 6) is 0.433. The van der Waals surface area contributed by atoms with Gasteiger partial charge in [-0.1, -0.05) is 45.0 Å². The van der Waals surface area contributed by atoms with Gasteiger partial charge in [0.1, 0.15) is 6.61 Å². The number of hydrogen-bond donors (Lipinski definition) is 1. The molecule has 0 saturated heterocycles. The van der Waals surface area contributed by atoms with Gasteiger partial charge in [-0.2, -0.15) is 13.2 Å². The summed E-state index contributed by atoms with van der Waals surface area (Å²) < 4.78 is 41.0. The van der Waals surface area contributed by atoms with E-state index in [2.05, 4.69) is 19.2 Å². The van der Waals surface area contributed by atoms with E-state index in [4.69, 9.17) is 4.74 Å². The Morgan fingerprint density at radius 3 is 2.10 bits per heavy atom. The molecule has 0 aliphatic rings. The Labute approximate surface area is 118 Å². The van der Waals surface area contributed by atoms with Crippen LogP contribution in [0.1, 0.15) is 43.9 Å². The lowest BCUT2D eigenvalue weighted by molar-refractivity contribution is -0.175. The van der Waals surface area contributed by atoms with Crippen LogP contribution >= 0.6 is 0 Å². The van der Waals surface area contributed by atoms with Gasteiger partial charge < -0.3 is 10.1 Å². The lowest BCUT2D eigenvalue weighted by Gasteiger charge is -2.19. The molecule has 114 valence electrons. The minimum atomic E-state index is -4.28. The summed E-state index contributed by atoms with van der Waals surface area (Å²) in [6.07, 6.45) is -4.28. The van der Waals surface area contributed by atoms with Crippen LogP contribution in [0.5, 0.6) is 0 Å².